The van der Waals surface area contributed by atoms with E-state index in [0.29, 0.717) is 19.0 Å². The fraction of sp³-hybridized carbons (Fsp3) is 0.733. The molecule has 1 saturated heterocycles. The van der Waals surface area contributed by atoms with Crippen LogP contribution < -0.4 is 4.90 Å². The van der Waals surface area contributed by atoms with Crippen LogP contribution in [-0.2, 0) is 4.74 Å². The average molecular weight is 295 g/mol. The van der Waals surface area contributed by atoms with Gasteiger partial charge in [0.15, 0.2) is 0 Å². The van der Waals surface area contributed by atoms with E-state index in [2.05, 4.69) is 5.16 Å². The zero-order valence-electron chi connectivity index (χ0n) is 13.5. The van der Waals surface area contributed by atoms with Crippen molar-refractivity contribution in [2.24, 2.45) is 0 Å². The Morgan fingerprint density at radius 3 is 2.48 bits per heavy atom. The molecule has 1 aromatic rings. The number of hydrogen-bond acceptors (Lipinski definition) is 5. The van der Waals surface area contributed by atoms with Crippen molar-refractivity contribution in [1.29, 1.82) is 0 Å². The topological polar surface area (TPSA) is 58.8 Å². The van der Waals surface area contributed by atoms with Gasteiger partial charge in [-0.3, -0.25) is 0 Å². The number of likely N-dealkylation sites (tertiary alicyclic amines) is 1. The lowest BCUT2D eigenvalue weighted by molar-refractivity contribution is 0.0203. The molecule has 0 radical (unpaired) electrons. The van der Waals surface area contributed by atoms with Gasteiger partial charge >= 0.3 is 6.09 Å². The molecular weight excluding hydrogens is 270 g/mol. The zero-order valence-corrected chi connectivity index (χ0v) is 13.5. The molecule has 1 fully saturated rings. The van der Waals surface area contributed by atoms with E-state index in [4.69, 9.17) is 9.26 Å². The first-order valence-electron chi connectivity index (χ1n) is 7.38. The Morgan fingerprint density at radius 1 is 1.38 bits per heavy atom. The molecule has 6 heteroatoms. The third-order valence-electron chi connectivity index (χ3n) is 3.52. The smallest absolute Gasteiger partial charge is 0.410 e. The third kappa shape index (κ3) is 4.12. The largest absolute Gasteiger partial charge is 0.444 e. The molecule has 1 amide bonds. The van der Waals surface area contributed by atoms with Crippen molar-refractivity contribution < 1.29 is 14.1 Å². The second-order valence-electron chi connectivity index (χ2n) is 6.73. The number of ether oxygens (including phenoxy) is 1. The summed E-state index contributed by atoms with van der Waals surface area (Å²) in [6.07, 6.45) is 1.55. The van der Waals surface area contributed by atoms with E-state index >= 15 is 0 Å². The first kappa shape index (κ1) is 15.7. The number of carbonyl (C=O) groups is 1. The summed E-state index contributed by atoms with van der Waals surface area (Å²) in [6.45, 7) is 7.05. The van der Waals surface area contributed by atoms with Gasteiger partial charge in [0, 0.05) is 39.2 Å². The predicted octanol–water partition coefficient (Wildman–Crippen LogP) is 2.86. The molecule has 0 bridgehead atoms. The van der Waals surface area contributed by atoms with E-state index in [9.17, 15) is 4.79 Å². The molecule has 0 saturated carbocycles. The second-order valence-corrected chi connectivity index (χ2v) is 6.73. The minimum absolute atomic E-state index is 0.227. The van der Waals surface area contributed by atoms with Gasteiger partial charge in [-0.1, -0.05) is 5.16 Å². The Hall–Kier alpha value is -1.72. The molecule has 6 nitrogen and oxygen atoms in total. The van der Waals surface area contributed by atoms with Gasteiger partial charge in [-0.25, -0.2) is 4.79 Å². The quantitative estimate of drug-likeness (QED) is 0.839. The van der Waals surface area contributed by atoms with E-state index in [0.717, 1.165) is 24.4 Å². The van der Waals surface area contributed by atoms with E-state index in [-0.39, 0.29) is 6.09 Å². The van der Waals surface area contributed by atoms with Gasteiger partial charge in [0.05, 0.1) is 5.69 Å². The minimum atomic E-state index is -0.444. The number of anilines is 1. The fourth-order valence-electron chi connectivity index (χ4n) is 2.37. The molecule has 2 rings (SSSR count). The SMILES string of the molecule is CN(C)c1cc(C2CCN(C(=O)OC(C)(C)C)CC2)no1. The van der Waals surface area contributed by atoms with Gasteiger partial charge in [0.2, 0.25) is 5.88 Å². The number of hydrogen-bond donors (Lipinski definition) is 0. The van der Waals surface area contributed by atoms with Crippen LogP contribution >= 0.6 is 0 Å². The lowest BCUT2D eigenvalue weighted by atomic mass is 9.94. The Bertz CT molecular complexity index is 483. The van der Waals surface area contributed by atoms with Crippen molar-refractivity contribution in [3.63, 3.8) is 0 Å². The maximum absolute atomic E-state index is 12.0. The maximum Gasteiger partial charge on any atom is 0.410 e. The Morgan fingerprint density at radius 2 is 2.00 bits per heavy atom. The number of piperidine rings is 1. The normalized spacial score (nSPS) is 16.9. The van der Waals surface area contributed by atoms with E-state index in [1.807, 2.05) is 45.8 Å². The van der Waals surface area contributed by atoms with Crippen LogP contribution in [0.3, 0.4) is 0 Å². The lowest BCUT2D eigenvalue weighted by Crippen LogP contribution is -2.41. The molecule has 0 unspecified atom stereocenters. The summed E-state index contributed by atoms with van der Waals surface area (Å²) >= 11 is 0. The predicted molar refractivity (Wildman–Crippen MR) is 80.6 cm³/mol. The minimum Gasteiger partial charge on any atom is -0.444 e. The second kappa shape index (κ2) is 5.95. The Labute approximate surface area is 126 Å². The molecule has 0 N–H and O–H groups in total. The molecular formula is C15H25N3O3. The van der Waals surface area contributed by atoms with Crippen LogP contribution in [0, 0.1) is 0 Å². The third-order valence-corrected chi connectivity index (χ3v) is 3.52. The highest BCUT2D eigenvalue weighted by molar-refractivity contribution is 5.68. The van der Waals surface area contributed by atoms with Crippen LogP contribution in [0.25, 0.3) is 0 Å². The molecule has 21 heavy (non-hydrogen) atoms. The van der Waals surface area contributed by atoms with Crippen LogP contribution in [0.5, 0.6) is 0 Å². The summed E-state index contributed by atoms with van der Waals surface area (Å²) in [5.41, 5.74) is 0.531. The zero-order chi connectivity index (χ0) is 15.6. The van der Waals surface area contributed by atoms with Crippen molar-refractivity contribution in [1.82, 2.24) is 10.1 Å². The molecule has 0 aliphatic carbocycles. The van der Waals surface area contributed by atoms with E-state index in [1.54, 1.807) is 4.90 Å². The van der Waals surface area contributed by atoms with Crippen molar-refractivity contribution in [3.8, 4) is 0 Å². The summed E-state index contributed by atoms with van der Waals surface area (Å²) in [4.78, 5) is 15.7. The fourth-order valence-corrected chi connectivity index (χ4v) is 2.37. The van der Waals surface area contributed by atoms with Gasteiger partial charge in [-0.15, -0.1) is 0 Å². The molecule has 0 atom stereocenters. The summed E-state index contributed by atoms with van der Waals surface area (Å²) in [6, 6.07) is 1.98. The Kier molecular flexibility index (Phi) is 4.44. The molecule has 1 aliphatic heterocycles. The van der Waals surface area contributed by atoms with Crippen molar-refractivity contribution in [2.75, 3.05) is 32.1 Å². The monoisotopic (exact) mass is 295 g/mol. The van der Waals surface area contributed by atoms with Gasteiger partial charge in [0.25, 0.3) is 0 Å². The highest BCUT2D eigenvalue weighted by Gasteiger charge is 2.28. The van der Waals surface area contributed by atoms with Crippen molar-refractivity contribution in [3.05, 3.63) is 11.8 Å². The van der Waals surface area contributed by atoms with Crippen LogP contribution in [0.4, 0.5) is 10.7 Å². The van der Waals surface area contributed by atoms with Crippen LogP contribution in [-0.4, -0.2) is 48.9 Å². The Balaban J connectivity index is 1.89. The molecule has 1 aromatic heterocycles. The number of nitrogens with zero attached hydrogens (tertiary/aromatic N) is 3. The van der Waals surface area contributed by atoms with E-state index in [1.165, 1.54) is 0 Å². The first-order valence-corrected chi connectivity index (χ1v) is 7.38. The van der Waals surface area contributed by atoms with Gasteiger partial charge in [-0.05, 0) is 33.6 Å². The first-order chi connectivity index (χ1) is 9.76. The van der Waals surface area contributed by atoms with Crippen LogP contribution in [0.15, 0.2) is 10.6 Å². The van der Waals surface area contributed by atoms with Crippen molar-refractivity contribution >= 4 is 12.0 Å². The standard InChI is InChI=1S/C15H25N3O3/c1-15(2,3)20-14(19)18-8-6-11(7-9-18)12-10-13(17(4)5)21-16-12/h10-11H,6-9H2,1-5H3. The van der Waals surface area contributed by atoms with Gasteiger partial charge < -0.3 is 19.1 Å². The van der Waals surface area contributed by atoms with Crippen LogP contribution in [0.2, 0.25) is 0 Å². The molecule has 0 spiro atoms. The summed E-state index contributed by atoms with van der Waals surface area (Å²) in [5.74, 6) is 1.11. The highest BCUT2D eigenvalue weighted by Crippen LogP contribution is 2.29. The number of rotatable bonds is 2. The molecule has 118 valence electrons. The molecule has 0 aromatic carbocycles. The lowest BCUT2D eigenvalue weighted by Gasteiger charge is -2.32. The van der Waals surface area contributed by atoms with Gasteiger partial charge in [-0.2, -0.15) is 0 Å². The number of amides is 1. The molecule has 1 aliphatic rings. The average Bonchev–Trinajstić information content (AvgIpc) is 2.86. The van der Waals surface area contributed by atoms with Gasteiger partial charge in [0.1, 0.15) is 5.60 Å². The van der Waals surface area contributed by atoms with Crippen molar-refractivity contribution in [2.45, 2.75) is 45.1 Å². The number of aromatic nitrogens is 1. The van der Waals surface area contributed by atoms with E-state index < -0.39 is 5.60 Å². The molecule has 2 heterocycles. The summed E-state index contributed by atoms with van der Waals surface area (Å²) in [7, 11) is 3.85. The summed E-state index contributed by atoms with van der Waals surface area (Å²) in [5, 5.41) is 4.14. The number of carbonyl (C=O) groups excluding carboxylic acids is 1. The summed E-state index contributed by atoms with van der Waals surface area (Å²) < 4.78 is 10.7. The maximum atomic E-state index is 12.0. The highest BCUT2D eigenvalue weighted by atomic mass is 16.6. The van der Waals surface area contributed by atoms with Crippen LogP contribution in [0.1, 0.15) is 45.2 Å².